The van der Waals surface area contributed by atoms with Gasteiger partial charge in [0, 0.05) is 30.2 Å². The van der Waals surface area contributed by atoms with Gasteiger partial charge in [-0.2, -0.15) is 0 Å². The number of benzene rings is 1. The van der Waals surface area contributed by atoms with Crippen molar-refractivity contribution in [1.82, 2.24) is 4.90 Å². The van der Waals surface area contributed by atoms with Crippen molar-refractivity contribution >= 4 is 5.69 Å². The van der Waals surface area contributed by atoms with Gasteiger partial charge < -0.3 is 10.5 Å². The molecule has 2 bridgehead atoms. The fraction of sp³-hybridized carbons (Fsp3) is 0.625. The molecule has 3 unspecified atom stereocenters. The van der Waals surface area contributed by atoms with Crippen LogP contribution in [-0.2, 0) is 0 Å². The third-order valence-corrected chi connectivity index (χ3v) is 4.63. The molecule has 2 aliphatic rings. The lowest BCUT2D eigenvalue weighted by Crippen LogP contribution is -2.35. The molecule has 19 heavy (non-hydrogen) atoms. The highest BCUT2D eigenvalue weighted by Gasteiger charge is 2.42. The highest BCUT2D eigenvalue weighted by Crippen LogP contribution is 2.38. The van der Waals surface area contributed by atoms with Crippen molar-refractivity contribution in [2.24, 2.45) is 5.92 Å². The second-order valence-electron chi connectivity index (χ2n) is 6.24. The van der Waals surface area contributed by atoms with E-state index in [1.54, 1.807) is 0 Å². The molecule has 2 N–H and O–H groups in total. The summed E-state index contributed by atoms with van der Waals surface area (Å²) in [6.45, 7) is 5.80. The molecule has 3 rings (SSSR count). The number of anilines is 1. The lowest BCUT2D eigenvalue weighted by atomic mass is 9.87. The fourth-order valence-corrected chi connectivity index (χ4v) is 3.63. The molecule has 1 saturated heterocycles. The molecule has 1 saturated carbocycles. The minimum atomic E-state index is 0.378. The number of likely N-dealkylation sites (tertiary alicyclic amines) is 1. The van der Waals surface area contributed by atoms with E-state index in [2.05, 4.69) is 18.7 Å². The molecule has 3 nitrogen and oxygen atoms in total. The zero-order chi connectivity index (χ0) is 13.4. The van der Waals surface area contributed by atoms with Gasteiger partial charge in [-0.15, -0.1) is 0 Å². The summed E-state index contributed by atoms with van der Waals surface area (Å²) in [6.07, 6.45) is 4.14. The molecule has 2 fully saturated rings. The van der Waals surface area contributed by atoms with Gasteiger partial charge >= 0.3 is 0 Å². The van der Waals surface area contributed by atoms with E-state index in [4.69, 9.17) is 10.5 Å². The molecule has 0 radical (unpaired) electrons. The summed E-state index contributed by atoms with van der Waals surface area (Å²) in [4.78, 5) is 2.65. The number of nitrogens with two attached hydrogens (primary N) is 1. The van der Waals surface area contributed by atoms with Crippen molar-refractivity contribution in [2.45, 2.75) is 51.3 Å². The first kappa shape index (κ1) is 12.8. The molecule has 1 aliphatic heterocycles. The first-order chi connectivity index (χ1) is 9.13. The maximum Gasteiger partial charge on any atom is 0.119 e. The third kappa shape index (κ3) is 2.57. The first-order valence-corrected chi connectivity index (χ1v) is 7.41. The minimum Gasteiger partial charge on any atom is -0.490 e. The first-order valence-electron chi connectivity index (χ1n) is 7.41. The second kappa shape index (κ2) is 5.04. The number of hydrogen-bond acceptors (Lipinski definition) is 3. The molecule has 0 aromatic heterocycles. The predicted octanol–water partition coefficient (Wildman–Crippen LogP) is 2.91. The Morgan fingerprint density at radius 2 is 1.95 bits per heavy atom. The monoisotopic (exact) mass is 260 g/mol. The van der Waals surface area contributed by atoms with E-state index in [1.807, 2.05) is 24.3 Å². The van der Waals surface area contributed by atoms with E-state index in [1.165, 1.54) is 25.8 Å². The summed E-state index contributed by atoms with van der Waals surface area (Å²) in [6, 6.07) is 9.24. The summed E-state index contributed by atoms with van der Waals surface area (Å²) in [5.41, 5.74) is 6.50. The average Bonchev–Trinajstić information content (AvgIpc) is 2.74. The van der Waals surface area contributed by atoms with Crippen molar-refractivity contribution < 1.29 is 4.74 Å². The van der Waals surface area contributed by atoms with Gasteiger partial charge in [-0.3, -0.25) is 4.90 Å². The van der Waals surface area contributed by atoms with Gasteiger partial charge in [-0.05, 0) is 57.4 Å². The van der Waals surface area contributed by atoms with Crippen LogP contribution in [0.4, 0.5) is 5.69 Å². The summed E-state index contributed by atoms with van der Waals surface area (Å²) in [7, 11) is 0. The Morgan fingerprint density at radius 3 is 2.63 bits per heavy atom. The lowest BCUT2D eigenvalue weighted by Gasteiger charge is -2.30. The van der Waals surface area contributed by atoms with Gasteiger partial charge in [-0.1, -0.05) is 0 Å². The molecule has 0 spiro atoms. The van der Waals surface area contributed by atoms with Crippen LogP contribution in [0.2, 0.25) is 0 Å². The van der Waals surface area contributed by atoms with Crippen LogP contribution in [0.5, 0.6) is 5.75 Å². The summed E-state index contributed by atoms with van der Waals surface area (Å²) < 4.78 is 6.19. The number of hydrogen-bond donors (Lipinski definition) is 1. The SMILES string of the molecule is CC(C)N1CC2CC1CCC2Oc1ccc(N)cc1. The van der Waals surface area contributed by atoms with E-state index < -0.39 is 0 Å². The Labute approximate surface area is 115 Å². The van der Waals surface area contributed by atoms with E-state index in [9.17, 15) is 0 Å². The van der Waals surface area contributed by atoms with Gasteiger partial charge in [0.25, 0.3) is 0 Å². The topological polar surface area (TPSA) is 38.5 Å². The molecule has 1 aromatic carbocycles. The van der Waals surface area contributed by atoms with Crippen LogP contribution in [0.1, 0.15) is 33.1 Å². The van der Waals surface area contributed by atoms with Crippen LogP contribution in [0.3, 0.4) is 0 Å². The quantitative estimate of drug-likeness (QED) is 0.849. The van der Waals surface area contributed by atoms with Crippen molar-refractivity contribution in [3.05, 3.63) is 24.3 Å². The fourth-order valence-electron chi connectivity index (χ4n) is 3.63. The smallest absolute Gasteiger partial charge is 0.119 e. The molecule has 1 heterocycles. The van der Waals surface area contributed by atoms with E-state index in [0.29, 0.717) is 18.1 Å². The highest BCUT2D eigenvalue weighted by atomic mass is 16.5. The van der Waals surface area contributed by atoms with E-state index in [-0.39, 0.29) is 0 Å². The van der Waals surface area contributed by atoms with Crippen molar-refractivity contribution in [3.8, 4) is 5.75 Å². The predicted molar refractivity (Wildman–Crippen MR) is 78.2 cm³/mol. The largest absolute Gasteiger partial charge is 0.490 e. The van der Waals surface area contributed by atoms with Crippen LogP contribution in [0, 0.1) is 5.92 Å². The molecular weight excluding hydrogens is 236 g/mol. The van der Waals surface area contributed by atoms with Crippen LogP contribution in [0.15, 0.2) is 24.3 Å². The molecule has 104 valence electrons. The average molecular weight is 260 g/mol. The van der Waals surface area contributed by atoms with E-state index >= 15 is 0 Å². The van der Waals surface area contributed by atoms with Crippen molar-refractivity contribution in [3.63, 3.8) is 0 Å². The second-order valence-corrected chi connectivity index (χ2v) is 6.24. The van der Waals surface area contributed by atoms with Crippen molar-refractivity contribution in [2.75, 3.05) is 12.3 Å². The number of nitrogens with zero attached hydrogens (tertiary/aromatic N) is 1. The normalized spacial score (nSPS) is 30.8. The Morgan fingerprint density at radius 1 is 1.21 bits per heavy atom. The molecule has 3 heteroatoms. The molecule has 3 atom stereocenters. The van der Waals surface area contributed by atoms with Crippen LogP contribution in [0.25, 0.3) is 0 Å². The van der Waals surface area contributed by atoms with Gasteiger partial charge in [0.2, 0.25) is 0 Å². The minimum absolute atomic E-state index is 0.378. The maximum absolute atomic E-state index is 6.19. The summed E-state index contributed by atoms with van der Waals surface area (Å²) in [5, 5.41) is 0. The van der Waals surface area contributed by atoms with Crippen molar-refractivity contribution in [1.29, 1.82) is 0 Å². The van der Waals surface area contributed by atoms with Gasteiger partial charge in [0.1, 0.15) is 11.9 Å². The standard InChI is InChI=1S/C16H24N2O/c1-11(2)18-10-12-9-14(18)5-8-16(12)19-15-6-3-13(17)4-7-15/h3-4,6-7,11-12,14,16H,5,8-10,17H2,1-2H3. The Hall–Kier alpha value is -1.22. The lowest BCUT2D eigenvalue weighted by molar-refractivity contribution is 0.113. The third-order valence-electron chi connectivity index (χ3n) is 4.63. The highest BCUT2D eigenvalue weighted by molar-refractivity contribution is 5.41. The molecule has 1 aliphatic carbocycles. The Bertz CT molecular complexity index is 429. The number of rotatable bonds is 3. The number of fused-ring (bicyclic) bond motifs is 2. The van der Waals surface area contributed by atoms with Gasteiger partial charge in [0.05, 0.1) is 0 Å². The van der Waals surface area contributed by atoms with Gasteiger partial charge in [-0.25, -0.2) is 0 Å². The molecule has 0 amide bonds. The number of ether oxygens (including phenoxy) is 1. The van der Waals surface area contributed by atoms with Crippen LogP contribution < -0.4 is 10.5 Å². The Kier molecular flexibility index (Phi) is 3.40. The Balaban J connectivity index is 1.66. The van der Waals surface area contributed by atoms with Crippen LogP contribution in [-0.4, -0.2) is 29.6 Å². The summed E-state index contributed by atoms with van der Waals surface area (Å²) in [5.74, 6) is 1.65. The number of nitrogen functional groups attached to an aromatic ring is 1. The molecular formula is C16H24N2O. The molecule has 1 aromatic rings. The summed E-state index contributed by atoms with van der Waals surface area (Å²) >= 11 is 0. The maximum atomic E-state index is 6.19. The van der Waals surface area contributed by atoms with E-state index in [0.717, 1.165) is 17.5 Å². The van der Waals surface area contributed by atoms with Crippen LogP contribution >= 0.6 is 0 Å². The zero-order valence-corrected chi connectivity index (χ0v) is 11.9. The van der Waals surface area contributed by atoms with Gasteiger partial charge in [0.15, 0.2) is 0 Å². The zero-order valence-electron chi connectivity index (χ0n) is 11.9.